The first-order chi connectivity index (χ1) is 16.4. The van der Waals surface area contributed by atoms with Crippen molar-refractivity contribution in [3.05, 3.63) is 70.5 Å². The number of carbonyl (C=O) groups excluding carboxylic acids is 2. The summed E-state index contributed by atoms with van der Waals surface area (Å²) in [4.78, 5) is 27.0. The van der Waals surface area contributed by atoms with Crippen LogP contribution in [0.25, 0.3) is 5.69 Å². The summed E-state index contributed by atoms with van der Waals surface area (Å²) in [5.74, 6) is 1.05. The smallest absolute Gasteiger partial charge is 0.253 e. The summed E-state index contributed by atoms with van der Waals surface area (Å²) < 4.78 is 2.00. The van der Waals surface area contributed by atoms with Crippen molar-refractivity contribution in [3.63, 3.8) is 0 Å². The Balaban J connectivity index is 1.31. The van der Waals surface area contributed by atoms with Crippen molar-refractivity contribution in [1.29, 1.82) is 0 Å². The van der Waals surface area contributed by atoms with Crippen molar-refractivity contribution in [2.75, 3.05) is 18.8 Å². The van der Waals surface area contributed by atoms with Gasteiger partial charge in [-0.2, -0.15) is 0 Å². The van der Waals surface area contributed by atoms with Crippen LogP contribution in [0.1, 0.15) is 52.1 Å². The number of rotatable bonds is 7. The number of aromatic nitrogens is 3. The van der Waals surface area contributed by atoms with Gasteiger partial charge in [0.25, 0.3) is 5.91 Å². The Kier molecular flexibility index (Phi) is 7.67. The van der Waals surface area contributed by atoms with Crippen molar-refractivity contribution in [3.8, 4) is 5.69 Å². The minimum atomic E-state index is -0.0772. The molecule has 0 radical (unpaired) electrons. The number of piperidine rings is 1. The van der Waals surface area contributed by atoms with Crippen molar-refractivity contribution in [2.24, 2.45) is 0 Å². The van der Waals surface area contributed by atoms with Crippen LogP contribution in [0.3, 0.4) is 0 Å². The van der Waals surface area contributed by atoms with E-state index in [-0.39, 0.29) is 17.6 Å². The molecule has 0 atom stereocenters. The van der Waals surface area contributed by atoms with E-state index < -0.39 is 0 Å². The van der Waals surface area contributed by atoms with Crippen LogP contribution in [0.15, 0.2) is 47.6 Å². The number of thioether (sulfide) groups is 1. The van der Waals surface area contributed by atoms with Gasteiger partial charge in [-0.25, -0.2) is 0 Å². The molecule has 1 fully saturated rings. The fourth-order valence-electron chi connectivity index (χ4n) is 4.10. The molecule has 1 aromatic heterocycles. The van der Waals surface area contributed by atoms with Gasteiger partial charge in [-0.15, -0.1) is 10.2 Å². The van der Waals surface area contributed by atoms with Gasteiger partial charge in [0, 0.05) is 25.2 Å². The summed E-state index contributed by atoms with van der Waals surface area (Å²) in [6.07, 6.45) is 3.35. The molecule has 178 valence electrons. The number of amides is 2. The van der Waals surface area contributed by atoms with Crippen molar-refractivity contribution in [2.45, 2.75) is 51.7 Å². The predicted molar refractivity (Wildman–Crippen MR) is 134 cm³/mol. The minimum absolute atomic E-state index is 0.0772. The summed E-state index contributed by atoms with van der Waals surface area (Å²) in [6.45, 7) is 8.12. The Morgan fingerprint density at radius 3 is 2.44 bits per heavy atom. The standard InChI is InChI=1S/C26H31N5O2S/c1-18-7-8-19(2)23(15-18)31-20(3)28-29-26(31)34-17-24(32)27-16-21-9-11-22(12-10-21)25(33)30-13-5-4-6-14-30/h7-12,15H,4-6,13-14,16-17H2,1-3H3,(H,27,32). The maximum atomic E-state index is 12.6. The SMILES string of the molecule is Cc1ccc(C)c(-n2c(C)nnc2SCC(=O)NCc2ccc(C(=O)N3CCCCC3)cc2)c1. The summed E-state index contributed by atoms with van der Waals surface area (Å²) in [5.41, 5.74) is 4.98. The molecule has 4 rings (SSSR count). The molecule has 0 unspecified atom stereocenters. The first-order valence-corrected chi connectivity index (χ1v) is 12.7. The van der Waals surface area contributed by atoms with E-state index in [0.717, 1.165) is 54.1 Å². The lowest BCUT2D eigenvalue weighted by molar-refractivity contribution is -0.118. The third kappa shape index (κ3) is 5.67. The van der Waals surface area contributed by atoms with Crippen LogP contribution in [-0.2, 0) is 11.3 Å². The summed E-state index contributed by atoms with van der Waals surface area (Å²) >= 11 is 1.37. The van der Waals surface area contributed by atoms with E-state index >= 15 is 0 Å². The summed E-state index contributed by atoms with van der Waals surface area (Å²) in [7, 11) is 0. The zero-order valence-corrected chi connectivity index (χ0v) is 20.8. The summed E-state index contributed by atoms with van der Waals surface area (Å²) in [5, 5.41) is 12.2. The Morgan fingerprint density at radius 2 is 1.71 bits per heavy atom. The van der Waals surface area contributed by atoms with Crippen LogP contribution >= 0.6 is 11.8 Å². The van der Waals surface area contributed by atoms with Gasteiger partial charge in [0.2, 0.25) is 5.91 Å². The number of hydrogen-bond donors (Lipinski definition) is 1. The van der Waals surface area contributed by atoms with E-state index in [2.05, 4.69) is 47.6 Å². The molecule has 34 heavy (non-hydrogen) atoms. The number of likely N-dealkylation sites (tertiary alicyclic amines) is 1. The second kappa shape index (κ2) is 10.9. The molecule has 0 saturated carbocycles. The maximum Gasteiger partial charge on any atom is 0.253 e. The Morgan fingerprint density at radius 1 is 0.971 bits per heavy atom. The number of benzene rings is 2. The maximum absolute atomic E-state index is 12.6. The van der Waals surface area contributed by atoms with Gasteiger partial charge in [-0.05, 0) is 74.9 Å². The van der Waals surface area contributed by atoms with Crippen LogP contribution in [-0.4, -0.2) is 50.3 Å². The van der Waals surface area contributed by atoms with Crippen LogP contribution in [0.4, 0.5) is 0 Å². The van der Waals surface area contributed by atoms with Gasteiger partial charge < -0.3 is 10.2 Å². The van der Waals surface area contributed by atoms with E-state index in [1.165, 1.54) is 18.2 Å². The fraction of sp³-hybridized carbons (Fsp3) is 0.385. The molecule has 0 spiro atoms. The Bertz CT molecular complexity index is 1170. The monoisotopic (exact) mass is 477 g/mol. The minimum Gasteiger partial charge on any atom is -0.351 e. The van der Waals surface area contributed by atoms with Crippen molar-refractivity contribution >= 4 is 23.6 Å². The normalized spacial score (nSPS) is 13.7. The highest BCUT2D eigenvalue weighted by molar-refractivity contribution is 7.99. The fourth-order valence-corrected chi connectivity index (χ4v) is 4.92. The zero-order chi connectivity index (χ0) is 24.1. The third-order valence-electron chi connectivity index (χ3n) is 6.07. The van der Waals surface area contributed by atoms with Crippen molar-refractivity contribution < 1.29 is 9.59 Å². The third-order valence-corrected chi connectivity index (χ3v) is 7.00. The van der Waals surface area contributed by atoms with Crippen LogP contribution in [0.5, 0.6) is 0 Å². The van der Waals surface area contributed by atoms with Gasteiger partial charge in [-0.3, -0.25) is 14.2 Å². The molecule has 8 heteroatoms. The van der Waals surface area contributed by atoms with Crippen molar-refractivity contribution in [1.82, 2.24) is 25.0 Å². The Labute approximate surface area is 205 Å². The zero-order valence-electron chi connectivity index (χ0n) is 20.0. The largest absolute Gasteiger partial charge is 0.351 e. The van der Waals surface area contributed by atoms with Gasteiger partial charge in [0.05, 0.1) is 11.4 Å². The van der Waals surface area contributed by atoms with E-state index in [1.54, 1.807) is 0 Å². The molecule has 3 aromatic rings. The highest BCUT2D eigenvalue weighted by Gasteiger charge is 2.18. The molecule has 7 nitrogen and oxygen atoms in total. The van der Waals surface area contributed by atoms with Gasteiger partial charge in [0.1, 0.15) is 5.82 Å². The van der Waals surface area contributed by atoms with Gasteiger partial charge in [-0.1, -0.05) is 36.0 Å². The molecule has 2 heterocycles. The van der Waals surface area contributed by atoms with E-state index in [1.807, 2.05) is 40.7 Å². The lowest BCUT2D eigenvalue weighted by atomic mass is 10.1. The molecule has 2 amide bonds. The summed E-state index contributed by atoms with van der Waals surface area (Å²) in [6, 6.07) is 13.8. The van der Waals surface area contributed by atoms with E-state index in [9.17, 15) is 9.59 Å². The quantitative estimate of drug-likeness (QED) is 0.515. The average Bonchev–Trinajstić information content (AvgIpc) is 3.23. The highest BCUT2D eigenvalue weighted by Crippen LogP contribution is 2.25. The number of nitrogens with zero attached hydrogens (tertiary/aromatic N) is 4. The van der Waals surface area contributed by atoms with E-state index in [4.69, 9.17) is 0 Å². The second-order valence-corrected chi connectivity index (χ2v) is 9.71. The number of nitrogens with one attached hydrogen (secondary N) is 1. The highest BCUT2D eigenvalue weighted by atomic mass is 32.2. The molecule has 1 aliphatic heterocycles. The molecule has 0 aliphatic carbocycles. The number of carbonyl (C=O) groups is 2. The molecule has 0 bridgehead atoms. The Hall–Kier alpha value is -3.13. The first-order valence-electron chi connectivity index (χ1n) is 11.7. The lowest BCUT2D eigenvalue weighted by Crippen LogP contribution is -2.35. The first kappa shape index (κ1) is 24.0. The topological polar surface area (TPSA) is 80.1 Å². The molecular weight excluding hydrogens is 446 g/mol. The number of hydrogen-bond acceptors (Lipinski definition) is 5. The lowest BCUT2D eigenvalue weighted by Gasteiger charge is -2.26. The van der Waals surface area contributed by atoms with Crippen LogP contribution in [0.2, 0.25) is 0 Å². The molecular formula is C26H31N5O2S. The molecule has 1 saturated heterocycles. The average molecular weight is 478 g/mol. The predicted octanol–water partition coefficient (Wildman–Crippen LogP) is 4.23. The van der Waals surface area contributed by atoms with Gasteiger partial charge in [0.15, 0.2) is 5.16 Å². The van der Waals surface area contributed by atoms with E-state index in [0.29, 0.717) is 17.3 Å². The molecule has 1 N–H and O–H groups in total. The molecule has 2 aromatic carbocycles. The van der Waals surface area contributed by atoms with Crippen LogP contribution < -0.4 is 5.32 Å². The van der Waals surface area contributed by atoms with Crippen LogP contribution in [0, 0.1) is 20.8 Å². The second-order valence-electron chi connectivity index (χ2n) is 8.77. The van der Waals surface area contributed by atoms with Gasteiger partial charge >= 0.3 is 0 Å². The molecule has 1 aliphatic rings. The number of aryl methyl sites for hydroxylation is 3.